The molecule has 18 heteroatoms. The number of ketones is 1. The summed E-state index contributed by atoms with van der Waals surface area (Å²) in [6.07, 6.45) is -0.475. The van der Waals surface area contributed by atoms with Crippen LogP contribution in [0.5, 0.6) is 0 Å². The maximum atomic E-state index is 13.0. The van der Waals surface area contributed by atoms with E-state index in [-0.39, 0.29) is 26.5 Å². The predicted molar refractivity (Wildman–Crippen MR) is 128 cm³/mol. The van der Waals surface area contributed by atoms with Crippen LogP contribution in [0.2, 0.25) is 4.34 Å². The van der Waals surface area contributed by atoms with Crippen LogP contribution in [0, 0.1) is 0 Å². The van der Waals surface area contributed by atoms with Crippen molar-refractivity contribution in [3.05, 3.63) is 21.3 Å². The quantitative estimate of drug-likeness (QED) is 0.0853. The summed E-state index contributed by atoms with van der Waals surface area (Å²) in [5, 5.41) is 23.5. The lowest BCUT2D eigenvalue weighted by Gasteiger charge is -2.49. The molecule has 0 bridgehead atoms. The Morgan fingerprint density at radius 3 is 2.57 bits per heavy atom. The molecule has 0 spiro atoms. The summed E-state index contributed by atoms with van der Waals surface area (Å²) in [5.41, 5.74) is 4.59. The van der Waals surface area contributed by atoms with Crippen LogP contribution in [0.25, 0.3) is 0 Å². The Balaban J connectivity index is 1.77. The number of ether oxygens (including phenoxy) is 1. The molecule has 1 saturated heterocycles. The van der Waals surface area contributed by atoms with E-state index in [0.29, 0.717) is 0 Å². The third-order valence-electron chi connectivity index (χ3n) is 4.72. The maximum absolute atomic E-state index is 13.0. The van der Waals surface area contributed by atoms with Crippen molar-refractivity contribution in [3.8, 4) is 0 Å². The minimum absolute atomic E-state index is 0.0137. The lowest BCUT2D eigenvalue weighted by Crippen LogP contribution is -2.71. The second-order valence-corrected chi connectivity index (χ2v) is 10.2. The Kier molecular flexibility index (Phi) is 8.72. The second-order valence-electron chi connectivity index (χ2n) is 7.44. The Morgan fingerprint density at radius 2 is 2.00 bits per heavy atom. The van der Waals surface area contributed by atoms with Gasteiger partial charge in [-0.3, -0.25) is 24.1 Å². The van der Waals surface area contributed by atoms with Gasteiger partial charge < -0.3 is 30.8 Å². The first-order valence-electron chi connectivity index (χ1n) is 10.1. The number of fused-ring (bicyclic) bond motifs is 1. The van der Waals surface area contributed by atoms with Crippen molar-refractivity contribution in [1.82, 2.24) is 15.2 Å². The number of nitrogen functional groups attached to an aromatic ring is 1. The van der Waals surface area contributed by atoms with E-state index < -0.39 is 78.0 Å². The van der Waals surface area contributed by atoms with Gasteiger partial charge in [-0.1, -0.05) is 28.1 Å². The molecule has 0 aliphatic carbocycles. The largest absolute Gasteiger partial charge is 0.479 e. The SMILES string of the molecule is CC(=O)CC(=O)OCC1=C(C(=O)O)N2C(=O)[C@@H](NC(=O)C(=NOCC(=O)O)c3nc(N)sc3Cl)[C@@H]2SC1. The molecular weight excluding hydrogens is 558 g/mol. The molecule has 2 aliphatic heterocycles. The van der Waals surface area contributed by atoms with Gasteiger partial charge in [0.05, 0.1) is 0 Å². The summed E-state index contributed by atoms with van der Waals surface area (Å²) >= 11 is 7.96. The van der Waals surface area contributed by atoms with Crippen LogP contribution >= 0.6 is 34.7 Å². The zero-order valence-corrected chi connectivity index (χ0v) is 21.1. The van der Waals surface area contributed by atoms with Crippen molar-refractivity contribution in [2.24, 2.45) is 5.16 Å². The van der Waals surface area contributed by atoms with Crippen molar-refractivity contribution in [1.29, 1.82) is 0 Å². The summed E-state index contributed by atoms with van der Waals surface area (Å²) in [4.78, 5) is 80.6. The summed E-state index contributed by atoms with van der Waals surface area (Å²) < 4.78 is 4.91. The molecule has 1 aromatic rings. The number of nitrogens with one attached hydrogen (secondary N) is 1. The molecule has 0 unspecified atom stereocenters. The van der Waals surface area contributed by atoms with E-state index in [2.05, 4.69) is 20.3 Å². The number of carboxylic acids is 2. The molecule has 37 heavy (non-hydrogen) atoms. The van der Waals surface area contributed by atoms with Crippen LogP contribution in [0.3, 0.4) is 0 Å². The maximum Gasteiger partial charge on any atom is 0.352 e. The van der Waals surface area contributed by atoms with Crippen LogP contribution < -0.4 is 11.1 Å². The Morgan fingerprint density at radius 1 is 1.30 bits per heavy atom. The van der Waals surface area contributed by atoms with Gasteiger partial charge in [-0.15, -0.1) is 11.8 Å². The zero-order valence-electron chi connectivity index (χ0n) is 18.8. The lowest BCUT2D eigenvalue weighted by atomic mass is 10.0. The van der Waals surface area contributed by atoms with Crippen LogP contribution in [0.4, 0.5) is 5.13 Å². The summed E-state index contributed by atoms with van der Waals surface area (Å²) in [7, 11) is 0. The number of hydrogen-bond acceptors (Lipinski definition) is 13. The number of carbonyl (C=O) groups excluding carboxylic acids is 4. The number of aromatic nitrogens is 1. The van der Waals surface area contributed by atoms with Crippen molar-refractivity contribution in [2.45, 2.75) is 24.8 Å². The smallest absolute Gasteiger partial charge is 0.352 e. The number of β-lactam (4-membered cyclic amide) rings is 1. The number of carbonyl (C=O) groups is 6. The van der Waals surface area contributed by atoms with E-state index in [9.17, 15) is 33.9 Å². The molecule has 3 heterocycles. The highest BCUT2D eigenvalue weighted by atomic mass is 35.5. The van der Waals surface area contributed by atoms with Crippen LogP contribution in [0.15, 0.2) is 16.4 Å². The molecule has 2 atom stereocenters. The number of anilines is 1. The number of thiazole rings is 1. The highest BCUT2D eigenvalue weighted by molar-refractivity contribution is 8.00. The highest BCUT2D eigenvalue weighted by Crippen LogP contribution is 2.40. The molecule has 3 rings (SSSR count). The fourth-order valence-corrected chi connectivity index (χ4v) is 5.49. The molecule has 0 saturated carbocycles. The molecule has 1 aromatic heterocycles. The van der Waals surface area contributed by atoms with E-state index in [0.717, 1.165) is 28.0 Å². The van der Waals surface area contributed by atoms with Crippen molar-refractivity contribution in [3.63, 3.8) is 0 Å². The molecular formula is C19H18ClN5O10S2. The molecule has 198 valence electrons. The van der Waals surface area contributed by atoms with Crippen LogP contribution in [-0.4, -0.2) is 91.7 Å². The molecule has 2 aliphatic rings. The summed E-state index contributed by atoms with van der Waals surface area (Å²) in [6.45, 7) is -0.117. The first-order valence-corrected chi connectivity index (χ1v) is 12.3. The van der Waals surface area contributed by atoms with Gasteiger partial charge >= 0.3 is 17.9 Å². The van der Waals surface area contributed by atoms with Crippen LogP contribution in [0.1, 0.15) is 19.0 Å². The number of nitrogens with zero attached hydrogens (tertiary/aromatic N) is 3. The Labute approximate surface area is 220 Å². The standard InChI is InChI=1S/C19H18ClN5O10S2/c1-6(26)2-9(29)34-3-7-5-36-17-12(16(31)25(17)13(7)18(32)33)22-15(30)11(24-35-4-8(27)28)10-14(20)37-19(21)23-10/h12,17H,2-5H2,1H3,(H2,21,23)(H,22,30)(H,27,28)(H,32,33)/t12-,17+/m1/s1. The van der Waals surface area contributed by atoms with Gasteiger partial charge in [-0.2, -0.15) is 0 Å². The van der Waals surface area contributed by atoms with Gasteiger partial charge in [0.25, 0.3) is 11.8 Å². The first kappa shape index (κ1) is 27.9. The number of Topliss-reactive ketones (excluding diaryl/α,β-unsaturated/α-hetero) is 1. The number of amides is 2. The minimum Gasteiger partial charge on any atom is -0.479 e. The fraction of sp³-hybridized carbons (Fsp3) is 0.368. The van der Waals surface area contributed by atoms with Gasteiger partial charge in [0.1, 0.15) is 46.0 Å². The number of halogens is 1. The number of thioether (sulfide) groups is 1. The van der Waals surface area contributed by atoms with Crippen LogP contribution in [-0.2, 0) is 38.3 Å². The average Bonchev–Trinajstić information content (AvgIpc) is 3.14. The van der Waals surface area contributed by atoms with Crippen molar-refractivity contribution in [2.75, 3.05) is 24.7 Å². The lowest BCUT2D eigenvalue weighted by molar-refractivity contribution is -0.150. The number of nitrogens with two attached hydrogens (primary N) is 1. The number of carboxylic acid groups (broad SMARTS) is 2. The third-order valence-corrected chi connectivity index (χ3v) is 7.15. The molecule has 0 aromatic carbocycles. The summed E-state index contributed by atoms with van der Waals surface area (Å²) in [5.74, 6) is -5.81. The number of aliphatic carboxylic acids is 2. The van der Waals surface area contributed by atoms with E-state index in [1.54, 1.807) is 0 Å². The third kappa shape index (κ3) is 6.36. The molecule has 2 amide bonds. The van der Waals surface area contributed by atoms with E-state index >= 15 is 0 Å². The predicted octanol–water partition coefficient (Wildman–Crippen LogP) is -0.555. The Hall–Kier alpha value is -3.70. The van der Waals surface area contributed by atoms with Gasteiger partial charge in [0.2, 0.25) is 6.61 Å². The fourth-order valence-electron chi connectivity index (χ4n) is 3.23. The number of hydrogen-bond donors (Lipinski definition) is 4. The highest BCUT2D eigenvalue weighted by Gasteiger charge is 2.54. The number of oxime groups is 1. The van der Waals surface area contributed by atoms with Gasteiger partial charge in [-0.05, 0) is 6.92 Å². The zero-order chi connectivity index (χ0) is 27.4. The molecule has 0 radical (unpaired) electrons. The monoisotopic (exact) mass is 575 g/mol. The van der Waals surface area contributed by atoms with E-state index in [1.807, 2.05) is 0 Å². The molecule has 1 fully saturated rings. The number of esters is 1. The molecule has 15 nitrogen and oxygen atoms in total. The summed E-state index contributed by atoms with van der Waals surface area (Å²) in [6, 6.07) is -1.19. The topological polar surface area (TPSA) is 228 Å². The molecule has 5 N–H and O–H groups in total. The minimum atomic E-state index is -1.45. The van der Waals surface area contributed by atoms with E-state index in [4.69, 9.17) is 27.2 Å². The second kappa shape index (κ2) is 11.6. The van der Waals surface area contributed by atoms with Gasteiger partial charge in [0, 0.05) is 11.3 Å². The van der Waals surface area contributed by atoms with Crippen molar-refractivity contribution >= 4 is 81.0 Å². The first-order chi connectivity index (χ1) is 17.4. The normalized spacial score (nSPS) is 19.0. The number of rotatable bonds is 11. The van der Waals surface area contributed by atoms with Crippen molar-refractivity contribution < 1.29 is 48.6 Å². The van der Waals surface area contributed by atoms with Gasteiger partial charge in [0.15, 0.2) is 10.8 Å². The average molecular weight is 576 g/mol. The Bertz CT molecular complexity index is 1250. The van der Waals surface area contributed by atoms with Gasteiger partial charge in [-0.25, -0.2) is 14.6 Å². The van der Waals surface area contributed by atoms with E-state index in [1.165, 1.54) is 6.92 Å².